The van der Waals surface area contributed by atoms with E-state index in [1.54, 1.807) is 20.8 Å². The van der Waals surface area contributed by atoms with Crippen LogP contribution in [0.5, 0.6) is 5.75 Å². The molecule has 0 spiro atoms. The van der Waals surface area contributed by atoms with Crippen LogP contribution in [0.25, 0.3) is 0 Å². The summed E-state index contributed by atoms with van der Waals surface area (Å²) in [5.41, 5.74) is -0.908. The minimum absolute atomic E-state index is 0.0765. The van der Waals surface area contributed by atoms with Gasteiger partial charge >= 0.3 is 6.09 Å². The number of H-pyrrole nitrogens is 1. The molecule has 1 atom stereocenters. The van der Waals surface area contributed by atoms with Crippen LogP contribution in [0.15, 0.2) is 16.9 Å². The highest BCUT2D eigenvalue weighted by Gasteiger charge is 2.41. The number of pyridine rings is 1. The molecule has 0 aromatic carbocycles. The first-order chi connectivity index (χ1) is 10.5. The van der Waals surface area contributed by atoms with Gasteiger partial charge in [0.2, 0.25) is 5.56 Å². The van der Waals surface area contributed by atoms with E-state index in [2.05, 4.69) is 4.98 Å². The summed E-state index contributed by atoms with van der Waals surface area (Å²) in [5, 5.41) is 0. The van der Waals surface area contributed by atoms with Crippen molar-refractivity contribution < 1.29 is 23.0 Å². The standard InChI is InChI=1S/C15H20F2N2O4/c1-14(2,3)23-13(21)19-7-9-10(5-6-12(20)18-9)22-11(8-19)15(4,16)17/h5-6,11H,7-8H2,1-4H3,(H,18,20)/t11-/m0/s1. The van der Waals surface area contributed by atoms with E-state index in [0.717, 1.165) is 11.8 Å². The van der Waals surface area contributed by atoms with Crippen LogP contribution < -0.4 is 10.3 Å². The number of aromatic nitrogens is 1. The van der Waals surface area contributed by atoms with Crippen molar-refractivity contribution in [2.45, 2.75) is 51.9 Å². The van der Waals surface area contributed by atoms with Gasteiger partial charge in [-0.3, -0.25) is 9.69 Å². The van der Waals surface area contributed by atoms with Gasteiger partial charge in [-0.15, -0.1) is 0 Å². The zero-order chi connectivity index (χ0) is 17.4. The van der Waals surface area contributed by atoms with Gasteiger partial charge in [-0.1, -0.05) is 0 Å². The van der Waals surface area contributed by atoms with Crippen molar-refractivity contribution in [1.29, 1.82) is 0 Å². The average molecular weight is 330 g/mol. The van der Waals surface area contributed by atoms with Gasteiger partial charge in [0.1, 0.15) is 11.4 Å². The third-order valence-electron chi connectivity index (χ3n) is 3.18. The highest BCUT2D eigenvalue weighted by atomic mass is 19.3. The number of rotatable bonds is 1. The average Bonchev–Trinajstić information content (AvgIpc) is 2.55. The highest BCUT2D eigenvalue weighted by molar-refractivity contribution is 5.68. The summed E-state index contributed by atoms with van der Waals surface area (Å²) in [5.74, 6) is -3.04. The molecule has 0 saturated heterocycles. The van der Waals surface area contributed by atoms with Crippen LogP contribution >= 0.6 is 0 Å². The van der Waals surface area contributed by atoms with E-state index in [1.807, 2.05) is 0 Å². The number of hydrogen-bond donors (Lipinski definition) is 1. The Morgan fingerprint density at radius 2 is 2.00 bits per heavy atom. The Bertz CT molecular complexity index is 646. The van der Waals surface area contributed by atoms with Crippen molar-refractivity contribution in [1.82, 2.24) is 9.88 Å². The first-order valence-electron chi connectivity index (χ1n) is 7.20. The number of amides is 1. The van der Waals surface area contributed by atoms with E-state index in [0.29, 0.717) is 0 Å². The number of nitrogens with one attached hydrogen (secondary N) is 1. The highest BCUT2D eigenvalue weighted by Crippen LogP contribution is 2.30. The fourth-order valence-corrected chi connectivity index (χ4v) is 2.11. The van der Waals surface area contributed by atoms with Crippen LogP contribution in [0.3, 0.4) is 0 Å². The van der Waals surface area contributed by atoms with E-state index < -0.39 is 29.3 Å². The lowest BCUT2D eigenvalue weighted by Gasteiger charge is -2.29. The quantitative estimate of drug-likeness (QED) is 0.859. The molecule has 0 aliphatic carbocycles. The zero-order valence-corrected chi connectivity index (χ0v) is 13.5. The Balaban J connectivity index is 2.36. The largest absolute Gasteiger partial charge is 0.480 e. The SMILES string of the molecule is CC(C)(C)OC(=O)N1Cc2[nH]c(=O)ccc2O[C@H](C(C)(F)F)C1. The number of hydrogen-bond acceptors (Lipinski definition) is 4. The summed E-state index contributed by atoms with van der Waals surface area (Å²) in [7, 11) is 0. The molecule has 1 aliphatic heterocycles. The molecule has 0 bridgehead atoms. The number of alkyl halides is 2. The lowest BCUT2D eigenvalue weighted by molar-refractivity contribution is -0.0880. The van der Waals surface area contributed by atoms with Crippen molar-refractivity contribution in [2.24, 2.45) is 0 Å². The third-order valence-corrected chi connectivity index (χ3v) is 3.18. The van der Waals surface area contributed by atoms with Crippen molar-refractivity contribution >= 4 is 6.09 Å². The molecule has 0 saturated carbocycles. The molecule has 0 unspecified atom stereocenters. The monoisotopic (exact) mass is 330 g/mol. The number of aromatic amines is 1. The summed E-state index contributed by atoms with van der Waals surface area (Å²) in [4.78, 5) is 27.3. The first-order valence-corrected chi connectivity index (χ1v) is 7.20. The van der Waals surface area contributed by atoms with Gasteiger partial charge in [-0.05, 0) is 26.8 Å². The van der Waals surface area contributed by atoms with E-state index in [-0.39, 0.29) is 24.5 Å². The maximum atomic E-state index is 13.8. The predicted octanol–water partition coefficient (Wildman–Crippen LogP) is 2.53. The molecule has 128 valence electrons. The Morgan fingerprint density at radius 1 is 1.35 bits per heavy atom. The van der Waals surface area contributed by atoms with Crippen LogP contribution in [0.4, 0.5) is 13.6 Å². The molecule has 8 heteroatoms. The lowest BCUT2D eigenvalue weighted by atomic mass is 10.2. The van der Waals surface area contributed by atoms with Gasteiger partial charge in [0.25, 0.3) is 5.92 Å². The summed E-state index contributed by atoms with van der Waals surface area (Å²) >= 11 is 0. The molecule has 1 aliphatic rings. The second-order valence-corrected chi connectivity index (χ2v) is 6.59. The molecule has 2 heterocycles. The van der Waals surface area contributed by atoms with E-state index in [1.165, 1.54) is 12.1 Å². The Hall–Kier alpha value is -2.12. The minimum atomic E-state index is -3.17. The lowest BCUT2D eigenvalue weighted by Crippen LogP contribution is -2.46. The van der Waals surface area contributed by atoms with Crippen LogP contribution in [0.1, 0.15) is 33.4 Å². The maximum Gasteiger partial charge on any atom is 0.410 e. The molecular weight excluding hydrogens is 310 g/mol. The number of carbonyl (C=O) groups is 1. The van der Waals surface area contributed by atoms with Crippen molar-refractivity contribution in [2.75, 3.05) is 6.54 Å². The summed E-state index contributed by atoms with van der Waals surface area (Å²) in [6.45, 7) is 5.34. The van der Waals surface area contributed by atoms with E-state index in [4.69, 9.17) is 9.47 Å². The van der Waals surface area contributed by atoms with Crippen LogP contribution in [0.2, 0.25) is 0 Å². The number of halogens is 2. The number of ether oxygens (including phenoxy) is 2. The van der Waals surface area contributed by atoms with Gasteiger partial charge in [-0.2, -0.15) is 0 Å². The molecule has 1 N–H and O–H groups in total. The van der Waals surface area contributed by atoms with Crippen LogP contribution in [-0.2, 0) is 11.3 Å². The second kappa shape index (κ2) is 5.82. The van der Waals surface area contributed by atoms with Gasteiger partial charge in [0.05, 0.1) is 18.8 Å². The van der Waals surface area contributed by atoms with Crippen LogP contribution in [0, 0.1) is 0 Å². The Kier molecular flexibility index (Phi) is 4.37. The Labute approximate surface area is 132 Å². The molecule has 0 fully saturated rings. The van der Waals surface area contributed by atoms with Crippen molar-refractivity contribution in [3.8, 4) is 5.75 Å². The summed E-state index contributed by atoms with van der Waals surface area (Å²) in [6.07, 6.45) is -2.28. The van der Waals surface area contributed by atoms with E-state index in [9.17, 15) is 18.4 Å². The second-order valence-electron chi connectivity index (χ2n) is 6.59. The molecule has 0 radical (unpaired) electrons. The maximum absolute atomic E-state index is 13.8. The number of carbonyl (C=O) groups excluding carboxylic acids is 1. The third kappa shape index (κ3) is 4.43. The fraction of sp³-hybridized carbons (Fsp3) is 0.600. The fourth-order valence-electron chi connectivity index (χ4n) is 2.11. The molecule has 23 heavy (non-hydrogen) atoms. The molecule has 1 aromatic heterocycles. The van der Waals surface area contributed by atoms with Gasteiger partial charge in [0.15, 0.2) is 6.10 Å². The molecular formula is C15H20F2N2O4. The topological polar surface area (TPSA) is 71.6 Å². The normalized spacial score (nSPS) is 18.7. The Morgan fingerprint density at radius 3 is 2.57 bits per heavy atom. The predicted molar refractivity (Wildman–Crippen MR) is 78.7 cm³/mol. The molecule has 1 amide bonds. The molecule has 6 nitrogen and oxygen atoms in total. The minimum Gasteiger partial charge on any atom is -0.480 e. The van der Waals surface area contributed by atoms with E-state index >= 15 is 0 Å². The smallest absolute Gasteiger partial charge is 0.410 e. The zero-order valence-electron chi connectivity index (χ0n) is 13.5. The van der Waals surface area contributed by atoms with Crippen molar-refractivity contribution in [3.63, 3.8) is 0 Å². The van der Waals surface area contributed by atoms with Gasteiger partial charge in [0, 0.05) is 13.0 Å². The first kappa shape index (κ1) is 17.2. The molecule has 1 aromatic rings. The van der Waals surface area contributed by atoms with Gasteiger partial charge in [-0.25, -0.2) is 13.6 Å². The number of nitrogens with zero attached hydrogens (tertiary/aromatic N) is 1. The van der Waals surface area contributed by atoms with Crippen LogP contribution in [-0.4, -0.2) is 40.1 Å². The summed E-state index contributed by atoms with van der Waals surface area (Å²) in [6, 6.07) is 2.51. The van der Waals surface area contributed by atoms with Crippen molar-refractivity contribution in [3.05, 3.63) is 28.2 Å². The summed E-state index contributed by atoms with van der Waals surface area (Å²) < 4.78 is 38.1. The molecule has 2 rings (SSSR count). The van der Waals surface area contributed by atoms with Gasteiger partial charge < -0.3 is 14.5 Å². The number of fused-ring (bicyclic) bond motifs is 1.